The fourth-order valence-electron chi connectivity index (χ4n) is 1.83. The van der Waals surface area contributed by atoms with Crippen LogP contribution in [-0.4, -0.2) is 27.5 Å². The molecule has 1 aromatic rings. The lowest BCUT2D eigenvalue weighted by atomic mass is 9.89. The second-order valence-electron chi connectivity index (χ2n) is 5.83. The summed E-state index contributed by atoms with van der Waals surface area (Å²) in [4.78, 5) is 12.1. The van der Waals surface area contributed by atoms with E-state index < -0.39 is 11.7 Å². The predicted molar refractivity (Wildman–Crippen MR) is 80.9 cm³/mol. The number of hydrogen-bond donors (Lipinski definition) is 2. The molecule has 6 heteroatoms. The van der Waals surface area contributed by atoms with E-state index in [1.165, 1.54) is 6.20 Å². The van der Waals surface area contributed by atoms with Crippen molar-refractivity contribution in [2.45, 2.75) is 39.8 Å². The van der Waals surface area contributed by atoms with Crippen LogP contribution in [0.2, 0.25) is 5.02 Å². The molecule has 1 rings (SSSR count). The quantitative estimate of drug-likeness (QED) is 0.813. The van der Waals surface area contributed by atoms with E-state index in [2.05, 4.69) is 16.3 Å². The van der Waals surface area contributed by atoms with Crippen LogP contribution >= 0.6 is 11.6 Å². The van der Waals surface area contributed by atoms with E-state index in [-0.39, 0.29) is 29.2 Å². The first-order valence-corrected chi connectivity index (χ1v) is 6.73. The topological polar surface area (TPSA) is 67.2 Å². The lowest BCUT2D eigenvalue weighted by molar-refractivity contribution is 0.132. The molecule has 0 aromatic carbocycles. The summed E-state index contributed by atoms with van der Waals surface area (Å²) in [6.07, 6.45) is 6.57. The van der Waals surface area contributed by atoms with Gasteiger partial charge in [-0.2, -0.15) is 5.10 Å². The Labute approximate surface area is 124 Å². The molecule has 0 spiro atoms. The second-order valence-corrected chi connectivity index (χ2v) is 6.24. The molecule has 5 nitrogen and oxygen atoms in total. The van der Waals surface area contributed by atoms with E-state index in [1.54, 1.807) is 0 Å². The molecule has 0 saturated heterocycles. The Balaban J connectivity index is 2.80. The van der Waals surface area contributed by atoms with Crippen LogP contribution in [0.5, 0.6) is 0 Å². The first kappa shape index (κ1) is 16.5. The van der Waals surface area contributed by atoms with Crippen molar-refractivity contribution in [2.75, 3.05) is 11.9 Å². The fraction of sp³-hybridized carbons (Fsp3) is 0.571. The zero-order chi connectivity index (χ0) is 15.3. The van der Waals surface area contributed by atoms with Gasteiger partial charge < -0.3 is 10.4 Å². The minimum Gasteiger partial charge on any atom is -0.391 e. The van der Waals surface area contributed by atoms with Crippen LogP contribution in [0.1, 0.15) is 27.2 Å². The number of hydrogen-bond acceptors (Lipinski definition) is 4. The maximum Gasteiger partial charge on any atom is 0.292 e. The molecule has 0 aliphatic heterocycles. The highest BCUT2D eigenvalue weighted by molar-refractivity contribution is 6.32. The van der Waals surface area contributed by atoms with Gasteiger partial charge in [0.05, 0.1) is 17.3 Å². The lowest BCUT2D eigenvalue weighted by Gasteiger charge is -2.22. The van der Waals surface area contributed by atoms with Crippen LogP contribution in [0, 0.1) is 17.8 Å². The summed E-state index contributed by atoms with van der Waals surface area (Å²) in [5.41, 5.74) is -0.171. The van der Waals surface area contributed by atoms with Gasteiger partial charge in [-0.05, 0) is 11.8 Å². The van der Waals surface area contributed by atoms with Crippen LogP contribution in [0.3, 0.4) is 0 Å². The molecular formula is C14H20ClN3O2. The first-order chi connectivity index (χ1) is 9.24. The van der Waals surface area contributed by atoms with Gasteiger partial charge in [0.15, 0.2) is 0 Å². The summed E-state index contributed by atoms with van der Waals surface area (Å²) in [7, 11) is 0. The fourth-order valence-corrected chi connectivity index (χ4v) is 2.02. The van der Waals surface area contributed by atoms with Crippen molar-refractivity contribution in [3.05, 3.63) is 21.6 Å². The van der Waals surface area contributed by atoms with Crippen molar-refractivity contribution >= 4 is 17.3 Å². The lowest BCUT2D eigenvalue weighted by Crippen LogP contribution is -2.30. The molecule has 0 fully saturated rings. The van der Waals surface area contributed by atoms with Crippen molar-refractivity contribution in [1.29, 1.82) is 0 Å². The molecule has 0 bridgehead atoms. The summed E-state index contributed by atoms with van der Waals surface area (Å²) in [5.74, 6) is 2.35. The van der Waals surface area contributed by atoms with Gasteiger partial charge in [0.2, 0.25) is 0 Å². The molecule has 110 valence electrons. The van der Waals surface area contributed by atoms with Gasteiger partial charge in [0.25, 0.3) is 5.56 Å². The van der Waals surface area contributed by atoms with E-state index in [4.69, 9.17) is 18.0 Å². The Morgan fingerprint density at radius 3 is 2.80 bits per heavy atom. The predicted octanol–water partition coefficient (Wildman–Crippen LogP) is 1.74. The normalized spacial score (nSPS) is 12.8. The summed E-state index contributed by atoms with van der Waals surface area (Å²) in [6.45, 7) is 6.43. The molecule has 20 heavy (non-hydrogen) atoms. The SMILES string of the molecule is C#CCn1ncc(Cl)c(NCC(O)CC(C)(C)C)c1=O. The molecule has 0 saturated carbocycles. The third-order valence-corrected chi connectivity index (χ3v) is 2.89. The standard InChI is InChI=1S/C14H20ClN3O2/c1-5-6-18-13(20)12(11(15)9-17-18)16-8-10(19)7-14(2,3)4/h1,9-10,16,19H,6-8H2,2-4H3. The van der Waals surface area contributed by atoms with Crippen LogP contribution in [0.25, 0.3) is 0 Å². The number of rotatable bonds is 5. The number of nitrogens with one attached hydrogen (secondary N) is 1. The van der Waals surface area contributed by atoms with Crippen molar-refractivity contribution in [3.8, 4) is 12.3 Å². The van der Waals surface area contributed by atoms with E-state index in [1.807, 2.05) is 20.8 Å². The Morgan fingerprint density at radius 1 is 1.60 bits per heavy atom. The van der Waals surface area contributed by atoms with Crippen molar-refractivity contribution < 1.29 is 5.11 Å². The van der Waals surface area contributed by atoms with Crippen LogP contribution in [0.4, 0.5) is 5.69 Å². The molecule has 0 aliphatic carbocycles. The Morgan fingerprint density at radius 2 is 2.25 bits per heavy atom. The van der Waals surface area contributed by atoms with Crippen LogP contribution < -0.4 is 10.9 Å². The van der Waals surface area contributed by atoms with E-state index in [0.29, 0.717) is 6.42 Å². The summed E-state index contributed by atoms with van der Waals surface area (Å²) < 4.78 is 1.14. The van der Waals surface area contributed by atoms with Gasteiger partial charge in [0, 0.05) is 6.54 Å². The van der Waals surface area contributed by atoms with E-state index >= 15 is 0 Å². The largest absolute Gasteiger partial charge is 0.391 e. The third-order valence-electron chi connectivity index (χ3n) is 2.60. The van der Waals surface area contributed by atoms with Gasteiger partial charge in [-0.25, -0.2) is 4.68 Å². The number of aromatic nitrogens is 2. The van der Waals surface area contributed by atoms with E-state index in [9.17, 15) is 9.90 Å². The number of terminal acetylenes is 1. The molecule has 1 unspecified atom stereocenters. The first-order valence-electron chi connectivity index (χ1n) is 6.35. The van der Waals surface area contributed by atoms with Gasteiger partial charge in [0.1, 0.15) is 12.2 Å². The highest BCUT2D eigenvalue weighted by atomic mass is 35.5. The van der Waals surface area contributed by atoms with Crippen LogP contribution in [-0.2, 0) is 6.54 Å². The number of aliphatic hydroxyl groups excluding tert-OH is 1. The van der Waals surface area contributed by atoms with Gasteiger partial charge >= 0.3 is 0 Å². The minimum absolute atomic E-state index is 0.00676. The van der Waals surface area contributed by atoms with Crippen LogP contribution in [0.15, 0.2) is 11.0 Å². The number of halogens is 1. The molecule has 1 aromatic heterocycles. The number of anilines is 1. The van der Waals surface area contributed by atoms with Crippen molar-refractivity contribution in [2.24, 2.45) is 5.41 Å². The maximum absolute atomic E-state index is 12.1. The Bertz CT molecular complexity index is 555. The maximum atomic E-state index is 12.1. The Hall–Kier alpha value is -1.51. The van der Waals surface area contributed by atoms with Gasteiger partial charge in [-0.1, -0.05) is 38.3 Å². The smallest absolute Gasteiger partial charge is 0.292 e. The van der Waals surface area contributed by atoms with Gasteiger partial charge in [-0.3, -0.25) is 4.79 Å². The average molecular weight is 298 g/mol. The third kappa shape index (κ3) is 4.87. The molecule has 1 atom stereocenters. The zero-order valence-corrected chi connectivity index (χ0v) is 12.7. The Kier molecular flexibility index (Phi) is 5.61. The molecule has 0 amide bonds. The number of aliphatic hydroxyl groups is 1. The molecule has 0 aliphatic rings. The number of nitrogens with zero attached hydrogens (tertiary/aromatic N) is 2. The van der Waals surface area contributed by atoms with Gasteiger partial charge in [-0.15, -0.1) is 6.42 Å². The highest BCUT2D eigenvalue weighted by Crippen LogP contribution is 2.21. The average Bonchev–Trinajstić information content (AvgIpc) is 2.30. The monoisotopic (exact) mass is 297 g/mol. The molecule has 1 heterocycles. The zero-order valence-electron chi connectivity index (χ0n) is 12.0. The highest BCUT2D eigenvalue weighted by Gasteiger charge is 2.17. The summed E-state index contributed by atoms with van der Waals surface area (Å²) in [5, 5.41) is 16.9. The van der Waals surface area contributed by atoms with Crippen molar-refractivity contribution in [1.82, 2.24) is 9.78 Å². The molecule has 0 radical (unpaired) electrons. The summed E-state index contributed by atoms with van der Waals surface area (Å²) >= 11 is 5.95. The minimum atomic E-state index is -0.570. The summed E-state index contributed by atoms with van der Waals surface area (Å²) in [6, 6.07) is 0. The van der Waals surface area contributed by atoms with E-state index in [0.717, 1.165) is 4.68 Å². The molecule has 2 N–H and O–H groups in total. The van der Waals surface area contributed by atoms with Crippen molar-refractivity contribution in [3.63, 3.8) is 0 Å². The molecular weight excluding hydrogens is 278 g/mol. The second kappa shape index (κ2) is 6.78.